The predicted molar refractivity (Wildman–Crippen MR) is 88.5 cm³/mol. The van der Waals surface area contributed by atoms with E-state index in [2.05, 4.69) is 0 Å². The summed E-state index contributed by atoms with van der Waals surface area (Å²) in [4.78, 5) is 38.3. The molecule has 1 atom stereocenters. The Hall–Kier alpha value is -2.15. The molecule has 1 unspecified atom stereocenters. The second kappa shape index (κ2) is 7.39. The van der Waals surface area contributed by atoms with Gasteiger partial charge in [-0.25, -0.2) is 4.79 Å². The van der Waals surface area contributed by atoms with E-state index in [4.69, 9.17) is 13.9 Å². The summed E-state index contributed by atoms with van der Waals surface area (Å²) in [5.41, 5.74) is 0.0681. The highest BCUT2D eigenvalue weighted by atomic mass is 16.5. The molecule has 0 aliphatic carbocycles. The minimum absolute atomic E-state index is 0.0568. The zero-order valence-corrected chi connectivity index (χ0v) is 14.6. The largest absolute Gasteiger partial charge is 0.469 e. The Labute approximate surface area is 145 Å². The molecule has 0 bridgehead atoms. The van der Waals surface area contributed by atoms with Gasteiger partial charge >= 0.3 is 11.6 Å². The highest BCUT2D eigenvalue weighted by Gasteiger charge is 2.34. The molecule has 25 heavy (non-hydrogen) atoms. The molecular weight excluding hydrogens is 326 g/mol. The molecule has 0 saturated carbocycles. The number of carbonyl (C=O) groups excluding carboxylic acids is 2. The minimum Gasteiger partial charge on any atom is -0.469 e. The molecule has 0 aromatic carbocycles. The molecule has 0 spiro atoms. The number of methoxy groups -OCH3 is 1. The first kappa shape index (κ1) is 17.7. The van der Waals surface area contributed by atoms with Crippen molar-refractivity contribution in [2.24, 2.45) is 5.92 Å². The summed E-state index contributed by atoms with van der Waals surface area (Å²) in [6, 6.07) is 1.79. The summed E-state index contributed by atoms with van der Waals surface area (Å²) in [5, 5.41) is 0. The van der Waals surface area contributed by atoms with Gasteiger partial charge in [0.25, 0.3) is 5.91 Å². The van der Waals surface area contributed by atoms with Crippen LogP contribution < -0.4 is 5.63 Å². The Morgan fingerprint density at radius 2 is 1.96 bits per heavy atom. The van der Waals surface area contributed by atoms with Crippen molar-refractivity contribution in [3.8, 4) is 0 Å². The molecule has 0 radical (unpaired) electrons. The standard InChI is InChI=1S/C18H23NO6/c1-11-9-14(12-4-7-24-8-5-12)25-18(22)15(11)16(20)19-6-3-13(10-19)17(21)23-2/h9,12-13H,3-8,10H2,1-2H3. The smallest absolute Gasteiger partial charge is 0.349 e. The maximum atomic E-state index is 12.7. The SMILES string of the molecule is COC(=O)C1CCN(C(=O)c2c(C)cc(C3CCOCC3)oc2=O)C1. The van der Waals surface area contributed by atoms with Crippen molar-refractivity contribution in [2.75, 3.05) is 33.4 Å². The van der Waals surface area contributed by atoms with Crippen LogP contribution >= 0.6 is 0 Å². The highest BCUT2D eigenvalue weighted by molar-refractivity contribution is 5.95. The number of carbonyl (C=O) groups is 2. The molecule has 2 saturated heterocycles. The summed E-state index contributed by atoms with van der Waals surface area (Å²) in [6.45, 7) is 3.75. The molecule has 7 heteroatoms. The summed E-state index contributed by atoms with van der Waals surface area (Å²) in [5.74, 6) is -0.260. The molecule has 2 fully saturated rings. The molecule has 1 aromatic heterocycles. The van der Waals surface area contributed by atoms with E-state index in [-0.39, 0.29) is 35.8 Å². The van der Waals surface area contributed by atoms with E-state index < -0.39 is 5.63 Å². The number of amides is 1. The maximum Gasteiger partial charge on any atom is 0.349 e. The molecule has 2 aliphatic heterocycles. The van der Waals surface area contributed by atoms with Gasteiger partial charge in [0.2, 0.25) is 0 Å². The van der Waals surface area contributed by atoms with Crippen LogP contribution in [0.4, 0.5) is 0 Å². The zero-order valence-electron chi connectivity index (χ0n) is 14.6. The Balaban J connectivity index is 1.79. The number of aryl methyl sites for hydroxylation is 1. The normalized spacial score (nSPS) is 21.4. The van der Waals surface area contributed by atoms with Gasteiger partial charge in [0.1, 0.15) is 11.3 Å². The lowest BCUT2D eigenvalue weighted by molar-refractivity contribution is -0.144. The van der Waals surface area contributed by atoms with Gasteiger partial charge in [0, 0.05) is 32.2 Å². The fraction of sp³-hybridized carbons (Fsp3) is 0.611. The number of ether oxygens (including phenoxy) is 2. The number of likely N-dealkylation sites (tertiary alicyclic amines) is 1. The zero-order chi connectivity index (χ0) is 18.0. The van der Waals surface area contributed by atoms with Crippen LogP contribution in [0.5, 0.6) is 0 Å². The molecule has 1 aromatic rings. The van der Waals surface area contributed by atoms with Gasteiger partial charge in [0.05, 0.1) is 13.0 Å². The number of nitrogens with zero attached hydrogens (tertiary/aromatic N) is 1. The first-order chi connectivity index (χ1) is 12.0. The van der Waals surface area contributed by atoms with Crippen molar-refractivity contribution < 1.29 is 23.5 Å². The van der Waals surface area contributed by atoms with Crippen LogP contribution in [0, 0.1) is 12.8 Å². The summed E-state index contributed by atoms with van der Waals surface area (Å²) in [7, 11) is 1.33. The van der Waals surface area contributed by atoms with Crippen LogP contribution in [0.15, 0.2) is 15.3 Å². The first-order valence-corrected chi connectivity index (χ1v) is 8.60. The van der Waals surface area contributed by atoms with Crippen LogP contribution in [0.3, 0.4) is 0 Å². The molecule has 3 heterocycles. The van der Waals surface area contributed by atoms with E-state index >= 15 is 0 Å². The lowest BCUT2D eigenvalue weighted by Crippen LogP contribution is -2.34. The van der Waals surface area contributed by atoms with E-state index in [0.717, 1.165) is 12.8 Å². The van der Waals surface area contributed by atoms with Crippen molar-refractivity contribution in [1.29, 1.82) is 0 Å². The minimum atomic E-state index is -0.604. The first-order valence-electron chi connectivity index (χ1n) is 8.60. The molecule has 0 N–H and O–H groups in total. The third-order valence-corrected chi connectivity index (χ3v) is 5.02. The molecule has 136 valence electrons. The second-order valence-electron chi connectivity index (χ2n) is 6.64. The average molecular weight is 349 g/mol. The van der Waals surface area contributed by atoms with E-state index in [1.165, 1.54) is 12.0 Å². The van der Waals surface area contributed by atoms with Crippen LogP contribution in [-0.4, -0.2) is 50.2 Å². The number of hydrogen-bond acceptors (Lipinski definition) is 6. The summed E-state index contributed by atoms with van der Waals surface area (Å²) < 4.78 is 15.5. The van der Waals surface area contributed by atoms with Gasteiger partial charge in [-0.15, -0.1) is 0 Å². The van der Waals surface area contributed by atoms with Crippen molar-refractivity contribution in [1.82, 2.24) is 4.90 Å². The van der Waals surface area contributed by atoms with E-state index in [9.17, 15) is 14.4 Å². The van der Waals surface area contributed by atoms with Crippen LogP contribution in [0.25, 0.3) is 0 Å². The number of rotatable bonds is 3. The second-order valence-corrected chi connectivity index (χ2v) is 6.64. The number of hydrogen-bond donors (Lipinski definition) is 0. The lowest BCUT2D eigenvalue weighted by atomic mass is 9.95. The van der Waals surface area contributed by atoms with Gasteiger partial charge in [-0.05, 0) is 37.8 Å². The van der Waals surface area contributed by atoms with E-state index in [1.54, 1.807) is 13.0 Å². The predicted octanol–water partition coefficient (Wildman–Crippen LogP) is 1.48. The molecular formula is C18H23NO6. The summed E-state index contributed by atoms with van der Waals surface area (Å²) in [6.07, 6.45) is 2.16. The van der Waals surface area contributed by atoms with Gasteiger partial charge < -0.3 is 18.8 Å². The fourth-order valence-corrected chi connectivity index (χ4v) is 3.54. The van der Waals surface area contributed by atoms with Gasteiger partial charge in [0.15, 0.2) is 0 Å². The lowest BCUT2D eigenvalue weighted by Gasteiger charge is -2.22. The van der Waals surface area contributed by atoms with Crippen LogP contribution in [0.1, 0.15) is 46.9 Å². The van der Waals surface area contributed by atoms with Gasteiger partial charge in [-0.2, -0.15) is 0 Å². The van der Waals surface area contributed by atoms with Gasteiger partial charge in [-0.1, -0.05) is 0 Å². The topological polar surface area (TPSA) is 86.1 Å². The molecule has 7 nitrogen and oxygen atoms in total. The monoisotopic (exact) mass is 349 g/mol. The Bertz CT molecular complexity index is 719. The van der Waals surface area contributed by atoms with Crippen LogP contribution in [-0.2, 0) is 14.3 Å². The number of esters is 1. The van der Waals surface area contributed by atoms with Crippen molar-refractivity contribution in [3.05, 3.63) is 33.4 Å². The van der Waals surface area contributed by atoms with Crippen molar-refractivity contribution >= 4 is 11.9 Å². The maximum absolute atomic E-state index is 12.7. The molecule has 2 aliphatic rings. The van der Waals surface area contributed by atoms with Crippen LogP contribution in [0.2, 0.25) is 0 Å². The van der Waals surface area contributed by atoms with E-state index in [0.29, 0.717) is 37.5 Å². The third kappa shape index (κ3) is 3.61. The Morgan fingerprint density at radius 1 is 1.24 bits per heavy atom. The third-order valence-electron chi connectivity index (χ3n) is 5.02. The highest BCUT2D eigenvalue weighted by Crippen LogP contribution is 2.27. The Kier molecular flexibility index (Phi) is 5.22. The quantitative estimate of drug-likeness (QED) is 0.768. The molecule has 3 rings (SSSR count). The van der Waals surface area contributed by atoms with Crippen molar-refractivity contribution in [2.45, 2.75) is 32.1 Å². The Morgan fingerprint density at radius 3 is 2.60 bits per heavy atom. The van der Waals surface area contributed by atoms with Gasteiger partial charge in [-0.3, -0.25) is 9.59 Å². The molecule has 1 amide bonds. The summed E-state index contributed by atoms with van der Waals surface area (Å²) >= 11 is 0. The average Bonchev–Trinajstić information content (AvgIpc) is 3.11. The fourth-order valence-electron chi connectivity index (χ4n) is 3.54. The van der Waals surface area contributed by atoms with Crippen molar-refractivity contribution in [3.63, 3.8) is 0 Å². The van der Waals surface area contributed by atoms with E-state index in [1.807, 2.05) is 0 Å².